The van der Waals surface area contributed by atoms with Gasteiger partial charge in [-0.15, -0.1) is 0 Å². The van der Waals surface area contributed by atoms with E-state index in [2.05, 4.69) is 34.1 Å². The first-order chi connectivity index (χ1) is 21.9. The van der Waals surface area contributed by atoms with Gasteiger partial charge in [0.05, 0.1) is 30.4 Å². The smallest absolute Gasteiger partial charge is 0.390 e. The fourth-order valence-corrected chi connectivity index (χ4v) is 9.63. The van der Waals surface area contributed by atoms with Crippen molar-refractivity contribution in [3.63, 3.8) is 0 Å². The number of urea groups is 1. The van der Waals surface area contributed by atoms with Gasteiger partial charge < -0.3 is 45.4 Å². The number of hydrogen-bond donors (Lipinski definition) is 9. The highest BCUT2D eigenvalue weighted by molar-refractivity contribution is 8.00. The average Bonchev–Trinajstić information content (AvgIpc) is 3.60. The van der Waals surface area contributed by atoms with Crippen molar-refractivity contribution in [2.24, 2.45) is 0 Å². The molecule has 3 unspecified atom stereocenters. The summed E-state index contributed by atoms with van der Waals surface area (Å²) in [5.74, 6) is 0.663. The Balaban J connectivity index is 0.00000625. The molecule has 47 heavy (non-hydrogen) atoms. The van der Waals surface area contributed by atoms with Gasteiger partial charge in [0.1, 0.15) is 12.3 Å². The van der Waals surface area contributed by atoms with Crippen LogP contribution in [0.25, 0.3) is 6.08 Å². The van der Waals surface area contributed by atoms with E-state index in [1.165, 1.54) is 12.2 Å². The van der Waals surface area contributed by atoms with Crippen LogP contribution in [0.1, 0.15) is 45.3 Å². The number of rotatable bonds is 16. The van der Waals surface area contributed by atoms with E-state index in [0.29, 0.717) is 18.1 Å². The fraction of sp³-hybridized carbons (Fsp3) is 0.636. The van der Waals surface area contributed by atoms with Crippen LogP contribution < -0.4 is 27.2 Å². The summed E-state index contributed by atoms with van der Waals surface area (Å²) < 4.78 is 52.3. The van der Waals surface area contributed by atoms with Crippen molar-refractivity contribution in [3.8, 4) is 0 Å². The number of aromatic amines is 1. The van der Waals surface area contributed by atoms with Crippen LogP contribution in [0.3, 0.4) is 0 Å². The van der Waals surface area contributed by atoms with Crippen LogP contribution in [0, 0.1) is 0 Å². The van der Waals surface area contributed by atoms with Gasteiger partial charge in [0, 0.05) is 38.0 Å². The van der Waals surface area contributed by atoms with Gasteiger partial charge in [-0.25, -0.2) is 23.3 Å². The summed E-state index contributed by atoms with van der Waals surface area (Å²) >= 11 is 1.80. The van der Waals surface area contributed by atoms with Gasteiger partial charge in [0.2, 0.25) is 5.91 Å². The Morgan fingerprint density at radius 1 is 1.13 bits per heavy atom. The number of nitrogens with one attached hydrogen (secondary N) is 4. The maximum atomic E-state index is 12.4. The second-order valence-corrected chi connectivity index (χ2v) is 16.3. The zero-order valence-corrected chi connectivity index (χ0v) is 27.8. The Morgan fingerprint density at radius 2 is 1.87 bits per heavy atom. The Hall–Kier alpha value is -2.16. The molecular formula is C22H36N5O16P3S. The number of thioether (sulfide) groups is 1. The molecule has 0 bridgehead atoms. The minimum Gasteiger partial charge on any atom is -0.390 e. The number of aliphatic hydroxyl groups excluding tert-OH is 1. The zero-order chi connectivity index (χ0) is 34.6. The minimum atomic E-state index is -5.75. The Bertz CT molecular complexity index is 1620. The van der Waals surface area contributed by atoms with E-state index in [9.17, 15) is 47.8 Å². The monoisotopic (exact) mass is 751 g/mol. The summed E-state index contributed by atoms with van der Waals surface area (Å²) in [6.07, 6.45) is 2.34. The summed E-state index contributed by atoms with van der Waals surface area (Å²) in [5.41, 5.74) is -1.67. The van der Waals surface area contributed by atoms with Crippen molar-refractivity contribution in [1.82, 2.24) is 25.5 Å². The summed E-state index contributed by atoms with van der Waals surface area (Å²) in [4.78, 5) is 86.6. The van der Waals surface area contributed by atoms with Crippen LogP contribution in [0.4, 0.5) is 4.79 Å². The minimum absolute atomic E-state index is 0. The van der Waals surface area contributed by atoms with E-state index >= 15 is 0 Å². The zero-order valence-electron chi connectivity index (χ0n) is 24.3. The summed E-state index contributed by atoms with van der Waals surface area (Å²) in [7, 11) is -16.8. The number of aliphatic hydroxyl groups is 1. The van der Waals surface area contributed by atoms with Crippen LogP contribution in [-0.4, -0.2) is 94.6 Å². The van der Waals surface area contributed by atoms with E-state index in [1.54, 1.807) is 11.8 Å². The maximum absolute atomic E-state index is 12.4. The molecule has 3 aliphatic rings. The lowest BCUT2D eigenvalue weighted by atomic mass is 10.0. The van der Waals surface area contributed by atoms with E-state index in [0.717, 1.165) is 29.4 Å². The van der Waals surface area contributed by atoms with Crippen molar-refractivity contribution in [1.29, 1.82) is 0 Å². The first-order valence-corrected chi connectivity index (χ1v) is 19.6. The number of phosphoric acid groups is 3. The van der Waals surface area contributed by atoms with E-state index in [1.807, 2.05) is 0 Å². The lowest BCUT2D eigenvalue weighted by Crippen LogP contribution is -2.36. The van der Waals surface area contributed by atoms with Crippen LogP contribution >= 0.6 is 35.2 Å². The van der Waals surface area contributed by atoms with Crippen LogP contribution in [-0.2, 0) is 36.4 Å². The van der Waals surface area contributed by atoms with Crippen molar-refractivity contribution < 1.29 is 67.3 Å². The lowest BCUT2D eigenvalue weighted by Gasteiger charge is -2.19. The standard InChI is InChI=1S/C22H34N5O16P3S.H2/c28-14-8-18(41-15(14)10-40-45(36,37)43-46(38,39)42-44(33,34)35)27-9-12(20(30)26-22(27)32)4-3-7-23-17(29)6-2-1-5-16-19-13(11-47-16)24-21(31)25-19;/h3-4,9,13-16,18-19,28H,1-2,5-8,10-11H2,(H,23,29)(H,36,37)(H,38,39)(H2,24,25,31)(H,26,30,32)(H2,33,34,35);1H/b4-3+;/t13-,14-,15+,16-,18+,19?;/m0./s1. The van der Waals surface area contributed by atoms with E-state index in [4.69, 9.17) is 14.5 Å². The average molecular weight is 752 g/mol. The predicted octanol–water partition coefficient (Wildman–Crippen LogP) is -0.370. The predicted molar refractivity (Wildman–Crippen MR) is 164 cm³/mol. The van der Waals surface area contributed by atoms with Gasteiger partial charge in [-0.1, -0.05) is 18.6 Å². The molecule has 21 nitrogen and oxygen atoms in total. The number of hydrogen-bond acceptors (Lipinski definition) is 13. The molecule has 266 valence electrons. The maximum Gasteiger partial charge on any atom is 0.490 e. The molecule has 3 aliphatic heterocycles. The highest BCUT2D eigenvalue weighted by Gasteiger charge is 2.44. The Kier molecular flexibility index (Phi) is 12.5. The molecule has 4 heterocycles. The summed E-state index contributed by atoms with van der Waals surface area (Å²) in [5, 5.41) is 19.1. The largest absolute Gasteiger partial charge is 0.490 e. The molecule has 0 radical (unpaired) electrons. The number of ether oxygens (including phenoxy) is 1. The van der Waals surface area contributed by atoms with Crippen LogP contribution in [0.15, 0.2) is 21.9 Å². The molecule has 3 saturated heterocycles. The third-order valence-electron chi connectivity index (χ3n) is 7.12. The fourth-order valence-electron chi connectivity index (χ4n) is 5.06. The third kappa shape index (κ3) is 11.2. The molecular weight excluding hydrogens is 715 g/mol. The number of fused-ring (bicyclic) bond motifs is 1. The molecule has 9 N–H and O–H groups in total. The van der Waals surface area contributed by atoms with Crippen molar-refractivity contribution >= 4 is 53.2 Å². The second kappa shape index (κ2) is 15.6. The molecule has 25 heteroatoms. The molecule has 0 spiro atoms. The van der Waals surface area contributed by atoms with Crippen LogP contribution in [0.2, 0.25) is 0 Å². The number of unbranched alkanes of at least 4 members (excludes halogenated alkanes) is 1. The Morgan fingerprint density at radius 3 is 2.60 bits per heavy atom. The first kappa shape index (κ1) is 37.7. The van der Waals surface area contributed by atoms with Crippen LogP contribution in [0.5, 0.6) is 0 Å². The van der Waals surface area contributed by atoms with Crippen molar-refractivity contribution in [3.05, 3.63) is 38.7 Å². The highest BCUT2D eigenvalue weighted by Crippen LogP contribution is 2.66. The van der Waals surface area contributed by atoms with Gasteiger partial charge in [0.25, 0.3) is 5.56 Å². The summed E-state index contributed by atoms with van der Waals surface area (Å²) in [6, 6.07) is 0.101. The molecule has 1 aromatic rings. The first-order valence-electron chi connectivity index (χ1n) is 14.0. The normalized spacial score (nSPS) is 28.4. The van der Waals surface area contributed by atoms with Gasteiger partial charge >= 0.3 is 35.2 Å². The molecule has 4 rings (SSSR count). The third-order valence-corrected chi connectivity index (χ3v) is 12.4. The molecule has 8 atom stereocenters. The molecule has 3 fully saturated rings. The second-order valence-electron chi connectivity index (χ2n) is 10.6. The van der Waals surface area contributed by atoms with Crippen molar-refractivity contribution in [2.45, 2.75) is 67.9 Å². The summed E-state index contributed by atoms with van der Waals surface area (Å²) in [6.45, 7) is -0.860. The molecule has 3 amide bonds. The number of H-pyrrole nitrogens is 1. The molecule has 0 aromatic carbocycles. The number of amides is 3. The lowest BCUT2D eigenvalue weighted by molar-refractivity contribution is -0.121. The van der Waals surface area contributed by atoms with Crippen molar-refractivity contribution in [2.75, 3.05) is 18.9 Å². The van der Waals surface area contributed by atoms with E-state index < -0.39 is 59.8 Å². The highest BCUT2D eigenvalue weighted by atomic mass is 32.2. The van der Waals surface area contributed by atoms with Gasteiger partial charge in [0.15, 0.2) is 0 Å². The van der Waals surface area contributed by atoms with Gasteiger partial charge in [-0.05, 0) is 12.8 Å². The van der Waals surface area contributed by atoms with E-state index in [-0.39, 0.29) is 44.0 Å². The molecule has 1 aromatic heterocycles. The number of phosphoric ester groups is 1. The van der Waals surface area contributed by atoms with Gasteiger partial charge in [-0.2, -0.15) is 20.4 Å². The number of carbonyl (C=O) groups excluding carboxylic acids is 2. The SMILES string of the molecule is O=C(CCCC[C@@H]1SC[C@@H]2NC(=O)NC21)NC/C=C/c1cn([C@H]2C[C@H](O)[C@@H](COP(=O)(O)OP(=O)(O)OP(=O)(O)O)O2)c(=O)[nH]c1=O.[HH]. The topological polar surface area (TPSA) is 314 Å². The quantitative estimate of drug-likeness (QED) is 0.0591. The number of aromatic nitrogens is 2. The number of carbonyl (C=O) groups is 2. The van der Waals surface area contributed by atoms with Gasteiger partial charge in [-0.3, -0.25) is 23.7 Å². The Labute approximate surface area is 271 Å². The number of nitrogens with zero attached hydrogens (tertiary/aromatic N) is 1. The molecule has 0 aliphatic carbocycles. The molecule has 0 saturated carbocycles.